The fraction of sp³-hybridized carbons (Fsp3) is 0.351. The molecule has 1 heterocycles. The molecule has 0 aliphatic heterocycles. The molecule has 2 nitrogen and oxygen atoms in total. The molecule has 0 saturated heterocycles. The maximum absolute atomic E-state index is 2.84. The second-order valence-electron chi connectivity index (χ2n) is 8.34. The second-order valence-corrected chi connectivity index (χ2v) is 8.34. The molecule has 214 valence electrons. The lowest BCUT2D eigenvalue weighted by Crippen LogP contribution is -1.92. The van der Waals surface area contributed by atoms with Gasteiger partial charge in [-0.25, -0.2) is 0 Å². The van der Waals surface area contributed by atoms with E-state index in [9.17, 15) is 0 Å². The molecule has 0 radical (unpaired) electrons. The van der Waals surface area contributed by atoms with Gasteiger partial charge in [-0.05, 0) is 70.1 Å². The lowest BCUT2D eigenvalue weighted by molar-refractivity contribution is 0.856. The van der Waals surface area contributed by atoms with Gasteiger partial charge in [0.25, 0.3) is 0 Å². The summed E-state index contributed by atoms with van der Waals surface area (Å²) in [7, 11) is 1.88. The number of aromatic nitrogens is 1. The molecule has 0 fully saturated rings. The highest BCUT2D eigenvalue weighted by Crippen LogP contribution is 2.26. The molecule has 0 unspecified atom stereocenters. The Labute approximate surface area is 241 Å². The van der Waals surface area contributed by atoms with Crippen LogP contribution < -0.4 is 5.32 Å². The molecule has 39 heavy (non-hydrogen) atoms. The Hall–Kier alpha value is -3.52. The maximum Gasteiger partial charge on any atom is 0.0483 e. The van der Waals surface area contributed by atoms with Crippen LogP contribution in [0.5, 0.6) is 0 Å². The molecule has 0 bridgehead atoms. The number of hydrogen-bond acceptors (Lipinski definition) is 1. The summed E-state index contributed by atoms with van der Waals surface area (Å²) in [4.78, 5) is 0. The van der Waals surface area contributed by atoms with E-state index in [1.807, 2.05) is 86.0 Å². The van der Waals surface area contributed by atoms with Crippen molar-refractivity contribution in [2.45, 2.75) is 82.7 Å². The number of aryl methyl sites for hydroxylation is 2. The van der Waals surface area contributed by atoms with E-state index in [-0.39, 0.29) is 0 Å². The Bertz CT molecular complexity index is 1160. The predicted molar refractivity (Wildman–Crippen MR) is 181 cm³/mol. The van der Waals surface area contributed by atoms with Crippen LogP contribution in [0.15, 0.2) is 109 Å². The SMILES string of the molecule is C/C=C\NC.CC.CC.CC.CC(C)=CCn1ccc2cc(-c3cccc(C)c3)ccc21.Cc1ccccc1. The van der Waals surface area contributed by atoms with Gasteiger partial charge in [-0.1, -0.05) is 131 Å². The van der Waals surface area contributed by atoms with E-state index < -0.39 is 0 Å². The quantitative estimate of drug-likeness (QED) is 0.261. The lowest BCUT2D eigenvalue weighted by atomic mass is 10.0. The molecule has 3 aromatic carbocycles. The number of benzene rings is 3. The number of fused-ring (bicyclic) bond motifs is 1. The van der Waals surface area contributed by atoms with E-state index >= 15 is 0 Å². The van der Waals surface area contributed by atoms with E-state index in [1.165, 1.54) is 38.7 Å². The Kier molecular flexibility index (Phi) is 23.9. The number of allylic oxidation sites excluding steroid dienone is 3. The van der Waals surface area contributed by atoms with E-state index in [0.29, 0.717) is 0 Å². The molecule has 2 heteroatoms. The van der Waals surface area contributed by atoms with Crippen LogP contribution in [0.1, 0.15) is 73.4 Å². The van der Waals surface area contributed by atoms with Gasteiger partial charge < -0.3 is 9.88 Å². The summed E-state index contributed by atoms with van der Waals surface area (Å²) in [6.45, 7) is 23.4. The topological polar surface area (TPSA) is 17.0 Å². The smallest absolute Gasteiger partial charge is 0.0483 e. The molecule has 1 N–H and O–H groups in total. The summed E-state index contributed by atoms with van der Waals surface area (Å²) in [5.41, 5.74) is 7.84. The number of nitrogens with zero attached hydrogens (tertiary/aromatic N) is 1. The fourth-order valence-corrected chi connectivity index (χ4v) is 3.35. The summed E-state index contributed by atoms with van der Waals surface area (Å²) in [5, 5.41) is 4.14. The molecule has 0 aliphatic rings. The van der Waals surface area contributed by atoms with Crippen LogP contribution in [-0.4, -0.2) is 11.6 Å². The Morgan fingerprint density at radius 2 is 1.31 bits per heavy atom. The number of nitrogens with one attached hydrogen (secondary N) is 1. The molecule has 0 saturated carbocycles. The summed E-state index contributed by atoms with van der Waals surface area (Å²) in [6, 6.07) is 27.9. The van der Waals surface area contributed by atoms with Crippen molar-refractivity contribution in [2.24, 2.45) is 0 Å². The van der Waals surface area contributed by atoms with Gasteiger partial charge in [-0.3, -0.25) is 0 Å². The number of rotatable bonds is 4. The van der Waals surface area contributed by atoms with Crippen LogP contribution in [0, 0.1) is 13.8 Å². The molecule has 0 atom stereocenters. The molecular formula is C37H56N2. The van der Waals surface area contributed by atoms with Crippen molar-refractivity contribution in [1.29, 1.82) is 0 Å². The van der Waals surface area contributed by atoms with Crippen LogP contribution >= 0.6 is 0 Å². The molecule has 1 aromatic heterocycles. The van der Waals surface area contributed by atoms with Crippen molar-refractivity contribution < 1.29 is 0 Å². The maximum atomic E-state index is 2.84. The molecular weight excluding hydrogens is 472 g/mol. The first-order valence-electron chi connectivity index (χ1n) is 14.5. The lowest BCUT2D eigenvalue weighted by Gasteiger charge is -2.06. The second kappa shape index (κ2) is 24.8. The van der Waals surface area contributed by atoms with E-state index in [2.05, 4.69) is 111 Å². The monoisotopic (exact) mass is 528 g/mol. The zero-order valence-electron chi connectivity index (χ0n) is 27.0. The summed E-state index contributed by atoms with van der Waals surface area (Å²) < 4.78 is 2.29. The van der Waals surface area contributed by atoms with Crippen LogP contribution in [0.3, 0.4) is 0 Å². The van der Waals surface area contributed by atoms with Gasteiger partial charge in [0.2, 0.25) is 0 Å². The highest BCUT2D eigenvalue weighted by Gasteiger charge is 2.03. The van der Waals surface area contributed by atoms with E-state index in [0.717, 1.165) is 6.54 Å². The van der Waals surface area contributed by atoms with Crippen molar-refractivity contribution >= 4 is 10.9 Å². The van der Waals surface area contributed by atoms with E-state index in [4.69, 9.17) is 0 Å². The minimum atomic E-state index is 0.940. The average Bonchev–Trinajstić information content (AvgIpc) is 3.39. The van der Waals surface area contributed by atoms with Gasteiger partial charge >= 0.3 is 0 Å². The molecule has 0 spiro atoms. The van der Waals surface area contributed by atoms with Crippen molar-refractivity contribution in [3.63, 3.8) is 0 Å². The zero-order valence-corrected chi connectivity index (χ0v) is 27.0. The largest absolute Gasteiger partial charge is 0.394 e. The van der Waals surface area contributed by atoms with Gasteiger partial charge in [0.05, 0.1) is 0 Å². The van der Waals surface area contributed by atoms with Crippen molar-refractivity contribution in [3.8, 4) is 11.1 Å². The first kappa shape index (κ1) is 37.6. The van der Waals surface area contributed by atoms with Crippen molar-refractivity contribution in [1.82, 2.24) is 9.88 Å². The van der Waals surface area contributed by atoms with Crippen molar-refractivity contribution in [3.05, 3.63) is 120 Å². The van der Waals surface area contributed by atoms with Crippen LogP contribution in [0.4, 0.5) is 0 Å². The first-order valence-corrected chi connectivity index (χ1v) is 14.5. The van der Waals surface area contributed by atoms with Gasteiger partial charge in [0.15, 0.2) is 0 Å². The third-order valence-electron chi connectivity index (χ3n) is 5.09. The van der Waals surface area contributed by atoms with Crippen molar-refractivity contribution in [2.75, 3.05) is 7.05 Å². The normalized spacial score (nSPS) is 9.03. The molecule has 4 aromatic rings. The zero-order chi connectivity index (χ0) is 30.1. The number of hydrogen-bond donors (Lipinski definition) is 1. The average molecular weight is 529 g/mol. The van der Waals surface area contributed by atoms with Crippen LogP contribution in [0.2, 0.25) is 0 Å². The Balaban J connectivity index is 0. The summed E-state index contributed by atoms with van der Waals surface area (Å²) in [6.07, 6.45) is 8.25. The third-order valence-corrected chi connectivity index (χ3v) is 5.09. The van der Waals surface area contributed by atoms with Gasteiger partial charge in [-0.15, -0.1) is 0 Å². The first-order chi connectivity index (χ1) is 18.9. The van der Waals surface area contributed by atoms with Gasteiger partial charge in [-0.2, -0.15) is 0 Å². The summed E-state index contributed by atoms with van der Waals surface area (Å²) >= 11 is 0. The van der Waals surface area contributed by atoms with Gasteiger partial charge in [0.1, 0.15) is 0 Å². The fourth-order valence-electron chi connectivity index (χ4n) is 3.35. The highest BCUT2D eigenvalue weighted by atomic mass is 14.9. The summed E-state index contributed by atoms with van der Waals surface area (Å²) in [5.74, 6) is 0. The highest BCUT2D eigenvalue weighted by molar-refractivity contribution is 5.85. The predicted octanol–water partition coefficient (Wildman–Crippen LogP) is 11.4. The molecule has 0 amide bonds. The minimum absolute atomic E-state index is 0.940. The van der Waals surface area contributed by atoms with Gasteiger partial charge in [0, 0.05) is 30.7 Å². The third kappa shape index (κ3) is 16.1. The molecule has 4 rings (SSSR count). The molecule has 0 aliphatic carbocycles. The standard InChI is InChI=1S/C20H21N.C7H8.C4H9N.3C2H6/c1-15(2)9-11-21-12-10-19-14-18(7-8-20(19)21)17-6-4-5-16(3)13-17;1-7-5-3-2-4-6-7;1-3-4-5-2;3*1-2/h4-10,12-14H,11H2,1-3H3;2-6H,1H3;3-5H,1-2H3;3*1-2H3/b;;4-3-;;;. The Morgan fingerprint density at radius 3 is 1.77 bits per heavy atom. The van der Waals surface area contributed by atoms with Crippen LogP contribution in [0.25, 0.3) is 22.0 Å². The van der Waals surface area contributed by atoms with Crippen LogP contribution in [-0.2, 0) is 6.54 Å². The Morgan fingerprint density at radius 1 is 0.718 bits per heavy atom. The van der Waals surface area contributed by atoms with E-state index in [1.54, 1.807) is 0 Å². The minimum Gasteiger partial charge on any atom is -0.394 e.